The van der Waals surface area contributed by atoms with Gasteiger partial charge in [-0.15, -0.1) is 10.2 Å². The van der Waals surface area contributed by atoms with Crippen LogP contribution in [0.25, 0.3) is 0 Å². The highest BCUT2D eigenvalue weighted by Gasteiger charge is 2.37. The molecule has 6 nitrogen and oxygen atoms in total. The summed E-state index contributed by atoms with van der Waals surface area (Å²) in [6.07, 6.45) is 5.01. The minimum absolute atomic E-state index is 0.474. The van der Waals surface area contributed by atoms with Crippen LogP contribution in [0.15, 0.2) is 58.7 Å². The number of piperidine rings is 1. The van der Waals surface area contributed by atoms with Crippen LogP contribution in [0.3, 0.4) is 0 Å². The van der Waals surface area contributed by atoms with Crippen LogP contribution in [0, 0.1) is 0 Å². The molecule has 8 heteroatoms. The van der Waals surface area contributed by atoms with Crippen LogP contribution < -0.4 is 5.73 Å². The van der Waals surface area contributed by atoms with Gasteiger partial charge in [-0.2, -0.15) is 0 Å². The van der Waals surface area contributed by atoms with E-state index < -0.39 is 0 Å². The third-order valence-corrected chi connectivity index (χ3v) is 8.22. The van der Waals surface area contributed by atoms with E-state index in [0.29, 0.717) is 30.4 Å². The van der Waals surface area contributed by atoms with Crippen molar-refractivity contribution in [2.75, 3.05) is 33.2 Å². The van der Waals surface area contributed by atoms with Crippen molar-refractivity contribution in [3.8, 4) is 0 Å². The fourth-order valence-electron chi connectivity index (χ4n) is 5.74. The number of nitrogens with two attached hydrogens (primary N) is 1. The van der Waals surface area contributed by atoms with E-state index in [4.69, 9.17) is 28.9 Å². The highest BCUT2D eigenvalue weighted by atomic mass is 35.5. The van der Waals surface area contributed by atoms with Gasteiger partial charge in [-0.05, 0) is 68.1 Å². The Bertz CT molecular complexity index is 1060. The highest BCUT2D eigenvalue weighted by molar-refractivity contribution is 6.30. The lowest BCUT2D eigenvalue weighted by molar-refractivity contribution is -0.000347. The normalized spacial score (nSPS) is 24.5. The van der Waals surface area contributed by atoms with E-state index in [0.717, 1.165) is 67.7 Å². The van der Waals surface area contributed by atoms with Gasteiger partial charge in [0.2, 0.25) is 0 Å². The van der Waals surface area contributed by atoms with Crippen molar-refractivity contribution in [1.82, 2.24) is 14.7 Å². The van der Waals surface area contributed by atoms with E-state index in [2.05, 4.69) is 56.2 Å². The molecule has 2 aromatic carbocycles. The molecule has 2 atom stereocenters. The van der Waals surface area contributed by atoms with Gasteiger partial charge in [0.15, 0.2) is 0 Å². The van der Waals surface area contributed by atoms with Crippen LogP contribution in [0.1, 0.15) is 30.4 Å². The maximum atomic E-state index is 6.15. The summed E-state index contributed by atoms with van der Waals surface area (Å²) in [6, 6.07) is 18.2. The van der Waals surface area contributed by atoms with Crippen LogP contribution in [0.4, 0.5) is 0 Å². The zero-order valence-corrected chi connectivity index (χ0v) is 21.8. The fourth-order valence-corrected chi connectivity index (χ4v) is 5.99. The lowest BCUT2D eigenvalue weighted by atomic mass is 9.92. The Kier molecular flexibility index (Phi) is 7.63. The molecular weight excluding hydrogens is 479 g/mol. The van der Waals surface area contributed by atoms with E-state index in [1.807, 2.05) is 24.3 Å². The summed E-state index contributed by atoms with van der Waals surface area (Å²) in [7, 11) is 2.28. The quantitative estimate of drug-likeness (QED) is 0.648. The predicted molar refractivity (Wildman–Crippen MR) is 145 cm³/mol. The fraction of sp³-hybridized carbons (Fsp3) is 0.481. The second-order valence-corrected chi connectivity index (χ2v) is 11.0. The van der Waals surface area contributed by atoms with Crippen LogP contribution >= 0.6 is 23.2 Å². The van der Waals surface area contributed by atoms with Crippen molar-refractivity contribution >= 4 is 34.9 Å². The number of hydrogen-bond donors (Lipinski definition) is 1. The molecule has 3 aliphatic rings. The Morgan fingerprint density at radius 2 is 1.40 bits per heavy atom. The van der Waals surface area contributed by atoms with E-state index in [-0.39, 0.29) is 0 Å². The van der Waals surface area contributed by atoms with Crippen molar-refractivity contribution in [3.05, 3.63) is 69.7 Å². The van der Waals surface area contributed by atoms with Crippen LogP contribution in [0.2, 0.25) is 10.0 Å². The number of halogens is 2. The first-order valence-electron chi connectivity index (χ1n) is 12.5. The van der Waals surface area contributed by atoms with Gasteiger partial charge in [-0.1, -0.05) is 47.5 Å². The van der Waals surface area contributed by atoms with Crippen molar-refractivity contribution in [2.45, 2.75) is 50.2 Å². The molecule has 0 saturated carbocycles. The van der Waals surface area contributed by atoms with Gasteiger partial charge in [0.05, 0.1) is 6.42 Å². The highest BCUT2D eigenvalue weighted by Crippen LogP contribution is 2.28. The molecule has 0 unspecified atom stereocenters. The molecule has 3 aliphatic heterocycles. The SMILES string of the molecule is CN1C[C@H](Cc2ccc(Cl)cc2)N(C2CCN(C3=NN=C(N)C3)CC2)C[C@@H]1Cc1ccc(Cl)cc1. The van der Waals surface area contributed by atoms with Crippen LogP contribution in [-0.4, -0.2) is 77.7 Å². The molecule has 0 radical (unpaired) electrons. The third-order valence-electron chi connectivity index (χ3n) is 7.71. The average Bonchev–Trinajstić information content (AvgIpc) is 3.30. The number of piperazine rings is 1. The number of benzene rings is 2. The molecule has 2 saturated heterocycles. The van der Waals surface area contributed by atoms with Gasteiger partial charge in [-0.3, -0.25) is 4.90 Å². The molecule has 2 fully saturated rings. The number of hydrogen-bond acceptors (Lipinski definition) is 6. The van der Waals surface area contributed by atoms with E-state index in [9.17, 15) is 0 Å². The zero-order chi connectivity index (χ0) is 24.4. The maximum absolute atomic E-state index is 6.15. The average molecular weight is 514 g/mol. The number of likely N-dealkylation sites (tertiary alicyclic amines) is 1. The van der Waals surface area contributed by atoms with Crippen molar-refractivity contribution in [1.29, 1.82) is 0 Å². The summed E-state index contributed by atoms with van der Waals surface area (Å²) in [5.41, 5.74) is 8.55. The molecule has 3 heterocycles. The van der Waals surface area contributed by atoms with Crippen molar-refractivity contribution in [2.24, 2.45) is 15.9 Å². The molecule has 2 aromatic rings. The molecule has 186 valence electrons. The first kappa shape index (κ1) is 24.6. The Hall–Kier alpha value is -2.12. The molecule has 0 amide bonds. The zero-order valence-electron chi connectivity index (χ0n) is 20.3. The van der Waals surface area contributed by atoms with E-state index in [1.54, 1.807) is 0 Å². The second-order valence-electron chi connectivity index (χ2n) is 10.1. The summed E-state index contributed by atoms with van der Waals surface area (Å²) in [6.45, 7) is 4.14. The summed E-state index contributed by atoms with van der Waals surface area (Å²) in [5.74, 6) is 1.65. The summed E-state index contributed by atoms with van der Waals surface area (Å²) >= 11 is 12.3. The molecule has 35 heavy (non-hydrogen) atoms. The molecular formula is C27H34Cl2N6. The molecule has 0 spiro atoms. The number of amidine groups is 2. The maximum Gasteiger partial charge on any atom is 0.135 e. The Morgan fingerprint density at radius 1 is 0.829 bits per heavy atom. The van der Waals surface area contributed by atoms with E-state index >= 15 is 0 Å². The van der Waals surface area contributed by atoms with Gasteiger partial charge in [0, 0.05) is 54.3 Å². The van der Waals surface area contributed by atoms with Gasteiger partial charge >= 0.3 is 0 Å². The van der Waals surface area contributed by atoms with Crippen molar-refractivity contribution < 1.29 is 0 Å². The van der Waals surface area contributed by atoms with Gasteiger partial charge < -0.3 is 15.5 Å². The van der Waals surface area contributed by atoms with Crippen LogP contribution in [-0.2, 0) is 12.8 Å². The summed E-state index contributed by atoms with van der Waals surface area (Å²) < 4.78 is 0. The minimum Gasteiger partial charge on any atom is -0.385 e. The lowest BCUT2D eigenvalue weighted by Gasteiger charge is -2.50. The minimum atomic E-state index is 0.474. The largest absolute Gasteiger partial charge is 0.385 e. The van der Waals surface area contributed by atoms with Crippen molar-refractivity contribution in [3.63, 3.8) is 0 Å². The first-order chi connectivity index (χ1) is 16.9. The van der Waals surface area contributed by atoms with Crippen LogP contribution in [0.5, 0.6) is 0 Å². The second kappa shape index (κ2) is 10.9. The topological polar surface area (TPSA) is 60.5 Å². The molecule has 0 aliphatic carbocycles. The van der Waals surface area contributed by atoms with Gasteiger partial charge in [0.25, 0.3) is 0 Å². The number of rotatable bonds is 5. The Balaban J connectivity index is 1.30. The Labute approximate surface area is 218 Å². The number of likely N-dealkylation sites (N-methyl/N-ethyl adjacent to an activating group) is 1. The third kappa shape index (κ3) is 6.00. The molecule has 2 N–H and O–H groups in total. The van der Waals surface area contributed by atoms with Gasteiger partial charge in [0.1, 0.15) is 11.7 Å². The first-order valence-corrected chi connectivity index (χ1v) is 13.3. The smallest absolute Gasteiger partial charge is 0.135 e. The van der Waals surface area contributed by atoms with Gasteiger partial charge in [-0.25, -0.2) is 0 Å². The number of nitrogens with zero attached hydrogens (tertiary/aromatic N) is 5. The standard InChI is InChI=1S/C27H34Cl2N6/c1-33-17-25(15-20-4-8-22(29)9-5-20)35(18-24(33)14-19-2-6-21(28)7-3-19)23-10-12-34(13-11-23)27-16-26(30)31-32-27/h2-9,23-25H,10-18H2,1H3,(H2,30,31)/t24-,25-/m0/s1. The summed E-state index contributed by atoms with van der Waals surface area (Å²) in [5, 5.41) is 9.92. The Morgan fingerprint density at radius 3 is 1.94 bits per heavy atom. The summed E-state index contributed by atoms with van der Waals surface area (Å²) in [4.78, 5) is 7.72. The van der Waals surface area contributed by atoms with E-state index in [1.165, 1.54) is 11.1 Å². The molecule has 0 bridgehead atoms. The molecule has 0 aromatic heterocycles. The molecule has 5 rings (SSSR count). The monoisotopic (exact) mass is 512 g/mol. The lowest BCUT2D eigenvalue weighted by Crippen LogP contribution is -2.62. The predicted octanol–water partition coefficient (Wildman–Crippen LogP) is 4.30.